The van der Waals surface area contributed by atoms with Gasteiger partial charge in [0.25, 0.3) is 0 Å². The minimum atomic E-state index is -4.31. The largest absolute Gasteiger partial charge is 0.417 e. The molecule has 0 aromatic heterocycles. The first-order valence-corrected chi connectivity index (χ1v) is 6.76. The van der Waals surface area contributed by atoms with Crippen LogP contribution in [0, 0.1) is 5.92 Å². The van der Waals surface area contributed by atoms with Crippen molar-refractivity contribution in [2.75, 3.05) is 7.05 Å². The highest BCUT2D eigenvalue weighted by Gasteiger charge is 2.35. The van der Waals surface area contributed by atoms with Crippen LogP contribution in [0.1, 0.15) is 36.4 Å². The molecule has 1 aliphatic rings. The molecule has 5 heteroatoms. The van der Waals surface area contributed by atoms with E-state index in [1.54, 1.807) is 13.1 Å². The molecule has 1 aromatic carbocycles. The summed E-state index contributed by atoms with van der Waals surface area (Å²) in [6, 6.07) is 4.52. The van der Waals surface area contributed by atoms with Gasteiger partial charge in [0, 0.05) is 10.5 Å². The molecule has 18 heavy (non-hydrogen) atoms. The van der Waals surface area contributed by atoms with Crippen molar-refractivity contribution in [2.24, 2.45) is 5.92 Å². The quantitative estimate of drug-likeness (QED) is 0.862. The molecule has 0 aliphatic heterocycles. The van der Waals surface area contributed by atoms with Crippen LogP contribution in [0.5, 0.6) is 0 Å². The summed E-state index contributed by atoms with van der Waals surface area (Å²) in [7, 11) is 1.80. The van der Waals surface area contributed by atoms with Gasteiger partial charge < -0.3 is 5.32 Å². The van der Waals surface area contributed by atoms with E-state index in [4.69, 9.17) is 0 Å². The fraction of sp³-hybridized carbons (Fsp3) is 0.538. The summed E-state index contributed by atoms with van der Waals surface area (Å²) in [4.78, 5) is 0. The third-order valence-electron chi connectivity index (χ3n) is 3.59. The third-order valence-corrected chi connectivity index (χ3v) is 4.28. The Kier molecular flexibility index (Phi) is 4.02. The highest BCUT2D eigenvalue weighted by atomic mass is 79.9. The average molecular weight is 322 g/mol. The Labute approximate surface area is 113 Å². The topological polar surface area (TPSA) is 12.0 Å². The van der Waals surface area contributed by atoms with Gasteiger partial charge in [0.15, 0.2) is 0 Å². The zero-order chi connectivity index (χ0) is 13.3. The Morgan fingerprint density at radius 3 is 2.44 bits per heavy atom. The zero-order valence-electron chi connectivity index (χ0n) is 10.0. The Morgan fingerprint density at radius 2 is 2.00 bits per heavy atom. The average Bonchev–Trinajstić information content (AvgIpc) is 2.22. The van der Waals surface area contributed by atoms with Crippen LogP contribution < -0.4 is 5.32 Å². The fourth-order valence-corrected chi connectivity index (χ4v) is 2.87. The number of alkyl halides is 3. The van der Waals surface area contributed by atoms with E-state index in [0.29, 0.717) is 5.92 Å². The molecule has 1 aliphatic carbocycles. The molecule has 0 saturated heterocycles. The Hall–Kier alpha value is -0.550. The number of nitrogens with one attached hydrogen (secondary N) is 1. The monoisotopic (exact) mass is 321 g/mol. The molecule has 0 radical (unpaired) electrons. The van der Waals surface area contributed by atoms with E-state index in [2.05, 4.69) is 21.2 Å². The first-order chi connectivity index (χ1) is 8.43. The van der Waals surface area contributed by atoms with E-state index >= 15 is 0 Å². The molecule has 1 atom stereocenters. The van der Waals surface area contributed by atoms with Crippen LogP contribution in [0.15, 0.2) is 22.7 Å². The van der Waals surface area contributed by atoms with Crippen molar-refractivity contribution >= 4 is 15.9 Å². The smallest absolute Gasteiger partial charge is 0.313 e. The lowest BCUT2D eigenvalue weighted by molar-refractivity contribution is -0.138. The second-order valence-corrected chi connectivity index (χ2v) is 5.55. The Bertz CT molecular complexity index is 427. The molecule has 1 unspecified atom stereocenters. The van der Waals surface area contributed by atoms with Crippen molar-refractivity contribution < 1.29 is 13.2 Å². The van der Waals surface area contributed by atoms with Crippen LogP contribution in [0.2, 0.25) is 0 Å². The predicted molar refractivity (Wildman–Crippen MR) is 68.3 cm³/mol. The van der Waals surface area contributed by atoms with E-state index in [1.165, 1.54) is 18.6 Å². The standard InChI is InChI=1S/C13H15BrF3N/c1-18-12(8-3-2-4-8)9-5-6-11(14)10(7-9)13(15,16)17/h5-8,12,18H,2-4H2,1H3. The summed E-state index contributed by atoms with van der Waals surface area (Å²) in [5, 5.41) is 3.14. The van der Waals surface area contributed by atoms with Gasteiger partial charge in [-0.1, -0.05) is 28.4 Å². The van der Waals surface area contributed by atoms with Gasteiger partial charge in [0.1, 0.15) is 0 Å². The van der Waals surface area contributed by atoms with E-state index < -0.39 is 11.7 Å². The summed E-state index contributed by atoms with van der Waals surface area (Å²) in [6.45, 7) is 0. The second-order valence-electron chi connectivity index (χ2n) is 4.69. The van der Waals surface area contributed by atoms with Crippen LogP contribution in [0.3, 0.4) is 0 Å². The van der Waals surface area contributed by atoms with Crippen molar-refractivity contribution in [3.8, 4) is 0 Å². The fourth-order valence-electron chi connectivity index (χ4n) is 2.40. The molecule has 1 fully saturated rings. The van der Waals surface area contributed by atoms with E-state index in [-0.39, 0.29) is 10.5 Å². The Morgan fingerprint density at radius 1 is 1.33 bits per heavy atom. The van der Waals surface area contributed by atoms with E-state index in [0.717, 1.165) is 18.4 Å². The summed E-state index contributed by atoms with van der Waals surface area (Å²) in [6.07, 6.45) is -0.968. The lowest BCUT2D eigenvalue weighted by Crippen LogP contribution is -2.30. The van der Waals surface area contributed by atoms with Crippen molar-refractivity contribution in [3.05, 3.63) is 33.8 Å². The summed E-state index contributed by atoms with van der Waals surface area (Å²) in [5.74, 6) is 0.456. The maximum absolute atomic E-state index is 12.8. The van der Waals surface area contributed by atoms with Crippen molar-refractivity contribution in [1.82, 2.24) is 5.32 Å². The van der Waals surface area contributed by atoms with E-state index in [1.807, 2.05) is 0 Å². The number of benzene rings is 1. The van der Waals surface area contributed by atoms with Crippen LogP contribution in [-0.4, -0.2) is 7.05 Å². The normalized spacial score (nSPS) is 18.5. The molecule has 0 amide bonds. The number of hydrogen-bond acceptors (Lipinski definition) is 1. The minimum Gasteiger partial charge on any atom is -0.313 e. The highest BCUT2D eigenvalue weighted by Crippen LogP contribution is 2.41. The van der Waals surface area contributed by atoms with Crippen molar-refractivity contribution in [1.29, 1.82) is 0 Å². The molecular weight excluding hydrogens is 307 g/mol. The first kappa shape index (κ1) is 13.9. The molecule has 0 spiro atoms. The summed E-state index contributed by atoms with van der Waals surface area (Å²) >= 11 is 2.96. The van der Waals surface area contributed by atoms with Crippen molar-refractivity contribution in [3.63, 3.8) is 0 Å². The van der Waals surface area contributed by atoms with Crippen LogP contribution in [0.4, 0.5) is 13.2 Å². The molecule has 1 aromatic rings. The van der Waals surface area contributed by atoms with Gasteiger partial charge in [-0.05, 0) is 43.5 Å². The third kappa shape index (κ3) is 2.72. The maximum Gasteiger partial charge on any atom is 0.417 e. The molecule has 2 rings (SSSR count). The first-order valence-electron chi connectivity index (χ1n) is 5.97. The molecule has 100 valence electrons. The zero-order valence-corrected chi connectivity index (χ0v) is 11.6. The van der Waals surface area contributed by atoms with Crippen molar-refractivity contribution in [2.45, 2.75) is 31.5 Å². The Balaban J connectivity index is 2.33. The summed E-state index contributed by atoms with van der Waals surface area (Å²) < 4.78 is 38.6. The van der Waals surface area contributed by atoms with E-state index in [9.17, 15) is 13.2 Å². The van der Waals surface area contributed by atoms with Gasteiger partial charge in [-0.15, -0.1) is 0 Å². The summed E-state index contributed by atoms with van der Waals surface area (Å²) in [5.41, 5.74) is 0.122. The van der Waals surface area contributed by atoms with Crippen LogP contribution >= 0.6 is 15.9 Å². The predicted octanol–water partition coefficient (Wildman–Crippen LogP) is 4.53. The lowest BCUT2D eigenvalue weighted by atomic mass is 9.77. The highest BCUT2D eigenvalue weighted by molar-refractivity contribution is 9.10. The molecule has 0 bridgehead atoms. The molecular formula is C13H15BrF3N. The van der Waals surface area contributed by atoms with Crippen LogP contribution in [0.25, 0.3) is 0 Å². The van der Waals surface area contributed by atoms with Gasteiger partial charge in [-0.25, -0.2) is 0 Å². The minimum absolute atomic E-state index is 0.0212. The molecule has 1 N–H and O–H groups in total. The van der Waals surface area contributed by atoms with Crippen LogP contribution in [-0.2, 0) is 6.18 Å². The molecule has 1 saturated carbocycles. The number of rotatable bonds is 3. The maximum atomic E-state index is 12.8. The lowest BCUT2D eigenvalue weighted by Gasteiger charge is -2.34. The van der Waals surface area contributed by atoms with Gasteiger partial charge in [-0.2, -0.15) is 13.2 Å². The van der Waals surface area contributed by atoms with Gasteiger partial charge >= 0.3 is 6.18 Å². The SMILES string of the molecule is CNC(c1ccc(Br)c(C(F)(F)F)c1)C1CCC1. The van der Waals surface area contributed by atoms with Gasteiger partial charge in [0.2, 0.25) is 0 Å². The second kappa shape index (κ2) is 5.21. The number of halogens is 4. The van der Waals surface area contributed by atoms with Gasteiger partial charge in [0.05, 0.1) is 5.56 Å². The van der Waals surface area contributed by atoms with Gasteiger partial charge in [-0.3, -0.25) is 0 Å². The molecule has 0 heterocycles. The number of hydrogen-bond donors (Lipinski definition) is 1. The molecule has 1 nitrogen and oxygen atoms in total.